The SMILES string of the molecule is CB(O)NC[C@@H](C)C(=O)O. The molecule has 0 saturated carbocycles. The molecule has 0 spiro atoms. The van der Waals surface area contributed by atoms with Gasteiger partial charge in [-0.3, -0.25) is 4.79 Å². The Morgan fingerprint density at radius 2 is 2.30 bits per heavy atom. The molecule has 0 aliphatic heterocycles. The summed E-state index contributed by atoms with van der Waals surface area (Å²) < 4.78 is 0. The van der Waals surface area contributed by atoms with Crippen LogP contribution in [-0.2, 0) is 4.79 Å². The molecule has 0 rings (SSSR count). The van der Waals surface area contributed by atoms with Crippen molar-refractivity contribution in [2.24, 2.45) is 5.92 Å². The molecule has 0 aromatic carbocycles. The normalized spacial score (nSPS) is 12.7. The number of carboxylic acid groups (broad SMARTS) is 1. The summed E-state index contributed by atoms with van der Waals surface area (Å²) in [7, 11) is -0.637. The fourth-order valence-electron chi connectivity index (χ4n) is 0.435. The Balaban J connectivity index is 3.40. The standard InChI is InChI=1S/C5H12BNO3/c1-4(5(8)9)3-7-6(2)10/h4,7,10H,3H2,1-2H3,(H,8,9)/t4-/m1/s1. The summed E-state index contributed by atoms with van der Waals surface area (Å²) in [4.78, 5) is 10.2. The fraction of sp³-hybridized carbons (Fsp3) is 0.800. The van der Waals surface area contributed by atoms with Crippen LogP contribution in [0.1, 0.15) is 6.92 Å². The maximum absolute atomic E-state index is 10.2. The van der Waals surface area contributed by atoms with E-state index in [4.69, 9.17) is 10.1 Å². The second-order valence-corrected chi connectivity index (χ2v) is 2.32. The summed E-state index contributed by atoms with van der Waals surface area (Å²) in [5.74, 6) is -1.30. The van der Waals surface area contributed by atoms with Crippen LogP contribution in [0.2, 0.25) is 6.82 Å². The minimum absolute atomic E-state index is 0.299. The Hall–Kier alpha value is -0.545. The number of nitrogens with one attached hydrogen (secondary N) is 1. The van der Waals surface area contributed by atoms with E-state index in [1.54, 1.807) is 13.7 Å². The summed E-state index contributed by atoms with van der Waals surface area (Å²) in [5, 5.41) is 19.7. The Morgan fingerprint density at radius 3 is 2.60 bits per heavy atom. The molecule has 0 aliphatic carbocycles. The van der Waals surface area contributed by atoms with E-state index in [1.807, 2.05) is 0 Å². The van der Waals surface area contributed by atoms with Gasteiger partial charge < -0.3 is 15.4 Å². The average Bonchev–Trinajstić information content (AvgIpc) is 1.82. The molecule has 0 aromatic rings. The Morgan fingerprint density at radius 1 is 1.80 bits per heavy atom. The Labute approximate surface area is 60.4 Å². The van der Waals surface area contributed by atoms with Crippen LogP contribution < -0.4 is 5.23 Å². The number of carbonyl (C=O) groups is 1. The third kappa shape index (κ3) is 4.35. The highest BCUT2D eigenvalue weighted by Gasteiger charge is 2.11. The third-order valence-electron chi connectivity index (χ3n) is 1.14. The predicted octanol–water partition coefficient (Wildman–Crippen LogP) is -0.593. The van der Waals surface area contributed by atoms with Gasteiger partial charge in [-0.05, 0) is 13.4 Å². The van der Waals surface area contributed by atoms with E-state index < -0.39 is 18.9 Å². The largest absolute Gasteiger partial charge is 0.481 e. The zero-order chi connectivity index (χ0) is 8.15. The molecule has 4 nitrogen and oxygen atoms in total. The molecule has 0 unspecified atom stereocenters. The van der Waals surface area contributed by atoms with Gasteiger partial charge in [-0.1, -0.05) is 6.92 Å². The second-order valence-electron chi connectivity index (χ2n) is 2.32. The highest BCUT2D eigenvalue weighted by Crippen LogP contribution is 1.90. The lowest BCUT2D eigenvalue weighted by molar-refractivity contribution is -0.140. The monoisotopic (exact) mass is 145 g/mol. The molecule has 0 radical (unpaired) electrons. The van der Waals surface area contributed by atoms with E-state index in [0.717, 1.165) is 0 Å². The number of rotatable bonds is 4. The molecular weight excluding hydrogens is 133 g/mol. The highest BCUT2D eigenvalue weighted by atomic mass is 16.4. The summed E-state index contributed by atoms with van der Waals surface area (Å²) in [6.07, 6.45) is 0. The summed E-state index contributed by atoms with van der Waals surface area (Å²) in [6, 6.07) is 0. The zero-order valence-electron chi connectivity index (χ0n) is 6.16. The smallest absolute Gasteiger partial charge is 0.373 e. The van der Waals surface area contributed by atoms with E-state index in [9.17, 15) is 4.79 Å². The fourth-order valence-corrected chi connectivity index (χ4v) is 0.435. The van der Waals surface area contributed by atoms with Crippen LogP contribution in [0.3, 0.4) is 0 Å². The molecule has 0 bridgehead atoms. The number of hydrogen-bond donors (Lipinski definition) is 3. The van der Waals surface area contributed by atoms with Crippen LogP contribution in [0, 0.1) is 5.92 Å². The maximum Gasteiger partial charge on any atom is 0.373 e. The maximum atomic E-state index is 10.2. The van der Waals surface area contributed by atoms with Crippen LogP contribution in [0.15, 0.2) is 0 Å². The van der Waals surface area contributed by atoms with Crippen molar-refractivity contribution in [1.29, 1.82) is 0 Å². The van der Waals surface area contributed by atoms with Crippen LogP contribution in [-0.4, -0.2) is 29.7 Å². The third-order valence-corrected chi connectivity index (χ3v) is 1.14. The molecule has 10 heavy (non-hydrogen) atoms. The van der Waals surface area contributed by atoms with Gasteiger partial charge in [0.15, 0.2) is 0 Å². The first-order valence-electron chi connectivity index (χ1n) is 3.18. The first-order valence-corrected chi connectivity index (χ1v) is 3.18. The quantitative estimate of drug-likeness (QED) is 0.462. The van der Waals surface area contributed by atoms with E-state index in [2.05, 4.69) is 5.23 Å². The van der Waals surface area contributed by atoms with Gasteiger partial charge in [0.05, 0.1) is 5.92 Å². The molecule has 5 heteroatoms. The van der Waals surface area contributed by atoms with Crippen molar-refractivity contribution < 1.29 is 14.9 Å². The van der Waals surface area contributed by atoms with Crippen LogP contribution >= 0.6 is 0 Å². The summed E-state index contributed by atoms with van der Waals surface area (Å²) >= 11 is 0. The number of aliphatic carboxylic acids is 1. The van der Waals surface area contributed by atoms with Gasteiger partial charge in [0.25, 0.3) is 0 Å². The highest BCUT2D eigenvalue weighted by molar-refractivity contribution is 6.45. The van der Waals surface area contributed by atoms with E-state index in [1.165, 1.54) is 0 Å². The van der Waals surface area contributed by atoms with Gasteiger partial charge in [-0.15, -0.1) is 0 Å². The van der Waals surface area contributed by atoms with Crippen molar-refractivity contribution in [3.63, 3.8) is 0 Å². The minimum atomic E-state index is -0.854. The second kappa shape index (κ2) is 4.30. The zero-order valence-corrected chi connectivity index (χ0v) is 6.16. The van der Waals surface area contributed by atoms with Crippen molar-refractivity contribution in [2.45, 2.75) is 13.7 Å². The molecule has 0 saturated heterocycles. The van der Waals surface area contributed by atoms with Gasteiger partial charge in [0, 0.05) is 0 Å². The minimum Gasteiger partial charge on any atom is -0.481 e. The Kier molecular flexibility index (Phi) is 4.06. The van der Waals surface area contributed by atoms with Crippen molar-refractivity contribution in [3.8, 4) is 0 Å². The lowest BCUT2D eigenvalue weighted by atomic mass is 9.88. The molecule has 0 aromatic heterocycles. The molecule has 1 atom stereocenters. The number of hydrogen-bond acceptors (Lipinski definition) is 3. The topological polar surface area (TPSA) is 69.6 Å². The summed E-state index contributed by atoms with van der Waals surface area (Å²) in [6.45, 7) is 3.43. The van der Waals surface area contributed by atoms with Crippen molar-refractivity contribution >= 4 is 13.0 Å². The van der Waals surface area contributed by atoms with Crippen LogP contribution in [0.5, 0.6) is 0 Å². The van der Waals surface area contributed by atoms with Crippen LogP contribution in [0.4, 0.5) is 0 Å². The van der Waals surface area contributed by atoms with Gasteiger partial charge in [-0.25, -0.2) is 0 Å². The lowest BCUT2D eigenvalue weighted by Crippen LogP contribution is -2.36. The van der Waals surface area contributed by atoms with Crippen molar-refractivity contribution in [1.82, 2.24) is 5.23 Å². The molecular formula is C5H12BNO3. The molecule has 0 fully saturated rings. The van der Waals surface area contributed by atoms with Crippen molar-refractivity contribution in [3.05, 3.63) is 0 Å². The number of carboxylic acids is 1. The first-order chi connectivity index (χ1) is 4.54. The molecule has 3 N–H and O–H groups in total. The van der Waals surface area contributed by atoms with Gasteiger partial charge in [0.1, 0.15) is 0 Å². The molecule has 0 heterocycles. The van der Waals surface area contributed by atoms with Crippen LogP contribution in [0.25, 0.3) is 0 Å². The average molecular weight is 145 g/mol. The van der Waals surface area contributed by atoms with Crippen molar-refractivity contribution in [2.75, 3.05) is 6.54 Å². The predicted molar refractivity (Wildman–Crippen MR) is 38.6 cm³/mol. The van der Waals surface area contributed by atoms with E-state index >= 15 is 0 Å². The molecule has 58 valence electrons. The molecule has 0 aliphatic rings. The van der Waals surface area contributed by atoms with Gasteiger partial charge in [0.2, 0.25) is 0 Å². The molecule has 0 amide bonds. The summed E-state index contributed by atoms with van der Waals surface area (Å²) in [5.41, 5.74) is 0. The lowest BCUT2D eigenvalue weighted by Gasteiger charge is -2.06. The Bertz CT molecular complexity index is 117. The van der Waals surface area contributed by atoms with Gasteiger partial charge >= 0.3 is 13.0 Å². The first kappa shape index (κ1) is 9.45. The van der Waals surface area contributed by atoms with Gasteiger partial charge in [-0.2, -0.15) is 0 Å². The van der Waals surface area contributed by atoms with E-state index in [-0.39, 0.29) is 0 Å². The van der Waals surface area contributed by atoms with E-state index in [0.29, 0.717) is 6.54 Å².